The largest absolute Gasteiger partial charge is 0.342 e. The quantitative estimate of drug-likeness (QED) is 0.913. The van der Waals surface area contributed by atoms with Crippen molar-refractivity contribution >= 4 is 23.4 Å². The normalized spacial score (nSPS) is 23.2. The first-order valence-electron chi connectivity index (χ1n) is 7.05. The molecule has 0 bridgehead atoms. The summed E-state index contributed by atoms with van der Waals surface area (Å²) in [6.45, 7) is 8.02. The molecule has 114 valence electrons. The van der Waals surface area contributed by atoms with E-state index in [2.05, 4.69) is 5.32 Å². The molecule has 2 rings (SSSR count). The average Bonchev–Trinajstić information content (AvgIpc) is 2.40. The minimum Gasteiger partial charge on any atom is -0.342 e. The standard InChI is InChI=1S/C16H21ClN2O2/c1-10-14(20)18-13(16(2,3)4)15(21)19(10)9-11-5-7-12(17)8-6-11/h5-8,10,13H,9H2,1-4H3,(H,18,20). The van der Waals surface area contributed by atoms with E-state index in [-0.39, 0.29) is 17.2 Å². The molecule has 1 fully saturated rings. The van der Waals surface area contributed by atoms with Crippen molar-refractivity contribution in [2.45, 2.75) is 46.3 Å². The van der Waals surface area contributed by atoms with Gasteiger partial charge in [-0.25, -0.2) is 0 Å². The molecule has 5 heteroatoms. The average molecular weight is 309 g/mol. The Morgan fingerprint density at radius 1 is 1.19 bits per heavy atom. The summed E-state index contributed by atoms with van der Waals surface area (Å²) in [4.78, 5) is 26.4. The molecule has 1 aliphatic heterocycles. The van der Waals surface area contributed by atoms with Crippen LogP contribution in [0.3, 0.4) is 0 Å². The van der Waals surface area contributed by atoms with Gasteiger partial charge in [0.15, 0.2) is 0 Å². The number of carbonyl (C=O) groups is 2. The van der Waals surface area contributed by atoms with E-state index >= 15 is 0 Å². The number of hydrogen-bond acceptors (Lipinski definition) is 2. The van der Waals surface area contributed by atoms with E-state index < -0.39 is 12.1 Å². The molecule has 2 amide bonds. The van der Waals surface area contributed by atoms with Crippen LogP contribution in [-0.4, -0.2) is 28.8 Å². The molecule has 1 heterocycles. The van der Waals surface area contributed by atoms with Gasteiger partial charge in [-0.05, 0) is 30.0 Å². The molecule has 1 N–H and O–H groups in total. The summed E-state index contributed by atoms with van der Waals surface area (Å²) < 4.78 is 0. The van der Waals surface area contributed by atoms with Crippen LogP contribution in [0.5, 0.6) is 0 Å². The molecule has 1 saturated heterocycles. The van der Waals surface area contributed by atoms with Gasteiger partial charge >= 0.3 is 0 Å². The molecule has 0 radical (unpaired) electrons. The Hall–Kier alpha value is -1.55. The lowest BCUT2D eigenvalue weighted by Gasteiger charge is -2.42. The molecule has 0 aromatic heterocycles. The maximum absolute atomic E-state index is 12.7. The van der Waals surface area contributed by atoms with Crippen LogP contribution in [0.4, 0.5) is 0 Å². The van der Waals surface area contributed by atoms with Gasteiger partial charge in [0.25, 0.3) is 0 Å². The van der Waals surface area contributed by atoms with Gasteiger partial charge in [0.1, 0.15) is 12.1 Å². The van der Waals surface area contributed by atoms with Crippen molar-refractivity contribution < 1.29 is 9.59 Å². The van der Waals surface area contributed by atoms with Crippen LogP contribution < -0.4 is 5.32 Å². The highest BCUT2D eigenvalue weighted by Crippen LogP contribution is 2.26. The highest BCUT2D eigenvalue weighted by Gasteiger charge is 2.43. The van der Waals surface area contributed by atoms with Crippen LogP contribution in [0.1, 0.15) is 33.3 Å². The first-order valence-corrected chi connectivity index (χ1v) is 7.43. The Morgan fingerprint density at radius 3 is 2.29 bits per heavy atom. The molecule has 1 aromatic rings. The van der Waals surface area contributed by atoms with Gasteiger partial charge < -0.3 is 10.2 Å². The van der Waals surface area contributed by atoms with Crippen LogP contribution in [0, 0.1) is 5.41 Å². The Balaban J connectivity index is 2.24. The van der Waals surface area contributed by atoms with E-state index in [1.807, 2.05) is 32.9 Å². The Bertz CT molecular complexity index is 548. The first kappa shape index (κ1) is 15.8. The smallest absolute Gasteiger partial charge is 0.246 e. The van der Waals surface area contributed by atoms with Crippen molar-refractivity contribution in [2.75, 3.05) is 0 Å². The third-order valence-electron chi connectivity index (χ3n) is 3.80. The summed E-state index contributed by atoms with van der Waals surface area (Å²) in [6.07, 6.45) is 0. The van der Waals surface area contributed by atoms with Crippen LogP contribution in [0.2, 0.25) is 5.02 Å². The topological polar surface area (TPSA) is 49.4 Å². The van der Waals surface area contributed by atoms with Gasteiger partial charge in [-0.1, -0.05) is 44.5 Å². The number of benzene rings is 1. The second-order valence-corrected chi connectivity index (χ2v) is 7.01. The van der Waals surface area contributed by atoms with Crippen molar-refractivity contribution in [1.29, 1.82) is 0 Å². The van der Waals surface area contributed by atoms with Gasteiger partial charge in [0.2, 0.25) is 11.8 Å². The number of amides is 2. The van der Waals surface area contributed by atoms with E-state index in [4.69, 9.17) is 11.6 Å². The lowest BCUT2D eigenvalue weighted by atomic mass is 9.84. The van der Waals surface area contributed by atoms with Gasteiger partial charge in [-0.15, -0.1) is 0 Å². The van der Waals surface area contributed by atoms with E-state index in [0.29, 0.717) is 11.6 Å². The van der Waals surface area contributed by atoms with Crippen LogP contribution in [-0.2, 0) is 16.1 Å². The van der Waals surface area contributed by atoms with E-state index in [9.17, 15) is 9.59 Å². The lowest BCUT2D eigenvalue weighted by Crippen LogP contribution is -2.65. The fourth-order valence-corrected chi connectivity index (χ4v) is 2.54. The minimum atomic E-state index is -0.492. The molecule has 4 nitrogen and oxygen atoms in total. The predicted molar refractivity (Wildman–Crippen MR) is 82.8 cm³/mol. The number of rotatable bonds is 2. The molecular weight excluding hydrogens is 288 g/mol. The van der Waals surface area contributed by atoms with E-state index in [1.165, 1.54) is 0 Å². The number of hydrogen-bond donors (Lipinski definition) is 1. The number of nitrogens with zero attached hydrogens (tertiary/aromatic N) is 1. The molecule has 0 saturated carbocycles. The summed E-state index contributed by atoms with van der Waals surface area (Å²) in [5.41, 5.74) is 0.646. The molecule has 0 spiro atoms. The molecule has 1 aromatic carbocycles. The second kappa shape index (κ2) is 5.68. The summed E-state index contributed by atoms with van der Waals surface area (Å²) >= 11 is 5.87. The molecule has 1 aliphatic rings. The summed E-state index contributed by atoms with van der Waals surface area (Å²) in [6, 6.07) is 6.37. The van der Waals surface area contributed by atoms with E-state index in [0.717, 1.165) is 5.56 Å². The maximum Gasteiger partial charge on any atom is 0.246 e. The minimum absolute atomic E-state index is 0.0375. The van der Waals surface area contributed by atoms with Crippen LogP contribution >= 0.6 is 11.6 Å². The van der Waals surface area contributed by atoms with Gasteiger partial charge in [0.05, 0.1) is 0 Å². The zero-order chi connectivity index (χ0) is 15.8. The maximum atomic E-state index is 12.7. The monoisotopic (exact) mass is 308 g/mol. The fraction of sp³-hybridized carbons (Fsp3) is 0.500. The summed E-state index contributed by atoms with van der Waals surface area (Å²) in [7, 11) is 0. The van der Waals surface area contributed by atoms with Crippen molar-refractivity contribution in [3.63, 3.8) is 0 Å². The van der Waals surface area contributed by atoms with Crippen molar-refractivity contribution in [3.8, 4) is 0 Å². The number of carbonyl (C=O) groups excluding carboxylic acids is 2. The third kappa shape index (κ3) is 3.38. The molecule has 2 atom stereocenters. The van der Waals surface area contributed by atoms with Crippen LogP contribution in [0.15, 0.2) is 24.3 Å². The number of halogens is 1. The molecule has 21 heavy (non-hydrogen) atoms. The molecule has 2 unspecified atom stereocenters. The predicted octanol–water partition coefficient (Wildman–Crippen LogP) is 2.60. The van der Waals surface area contributed by atoms with Crippen molar-refractivity contribution in [1.82, 2.24) is 10.2 Å². The molecular formula is C16H21ClN2O2. The fourth-order valence-electron chi connectivity index (χ4n) is 2.41. The Kier molecular flexibility index (Phi) is 4.28. The summed E-state index contributed by atoms with van der Waals surface area (Å²) in [5, 5.41) is 3.48. The highest BCUT2D eigenvalue weighted by molar-refractivity contribution is 6.30. The number of nitrogens with one attached hydrogen (secondary N) is 1. The van der Waals surface area contributed by atoms with Crippen LogP contribution in [0.25, 0.3) is 0 Å². The van der Waals surface area contributed by atoms with Crippen molar-refractivity contribution in [2.24, 2.45) is 5.41 Å². The van der Waals surface area contributed by atoms with Gasteiger partial charge in [0, 0.05) is 11.6 Å². The number of piperazine rings is 1. The zero-order valence-electron chi connectivity index (χ0n) is 12.8. The zero-order valence-corrected chi connectivity index (χ0v) is 13.6. The van der Waals surface area contributed by atoms with Gasteiger partial charge in [-0.2, -0.15) is 0 Å². The molecule has 0 aliphatic carbocycles. The lowest BCUT2D eigenvalue weighted by molar-refractivity contribution is -0.152. The SMILES string of the molecule is CC1C(=O)NC(C(C)(C)C)C(=O)N1Cc1ccc(Cl)cc1. The third-order valence-corrected chi connectivity index (χ3v) is 4.05. The van der Waals surface area contributed by atoms with Crippen molar-refractivity contribution in [3.05, 3.63) is 34.9 Å². The first-order chi connectivity index (χ1) is 9.70. The Morgan fingerprint density at radius 2 is 1.76 bits per heavy atom. The Labute approximate surface area is 130 Å². The second-order valence-electron chi connectivity index (χ2n) is 6.58. The van der Waals surface area contributed by atoms with E-state index in [1.54, 1.807) is 24.0 Å². The van der Waals surface area contributed by atoms with Gasteiger partial charge in [-0.3, -0.25) is 9.59 Å². The summed E-state index contributed by atoms with van der Waals surface area (Å²) in [5.74, 6) is -0.145. The highest BCUT2D eigenvalue weighted by atomic mass is 35.5.